The quantitative estimate of drug-likeness (QED) is 0.739. The Morgan fingerprint density at radius 1 is 1.69 bits per heavy atom. The number of aromatic nitrogens is 1. The smallest absolute Gasteiger partial charge is 0.191 e. The van der Waals surface area contributed by atoms with Gasteiger partial charge in [0.1, 0.15) is 6.10 Å². The van der Waals surface area contributed by atoms with E-state index >= 15 is 0 Å². The molecule has 0 spiro atoms. The molecular formula is C9H16N2O2. The zero-order chi connectivity index (χ0) is 10.1. The van der Waals surface area contributed by atoms with E-state index in [9.17, 15) is 5.11 Å². The molecule has 1 heterocycles. The number of aliphatic hydroxyl groups excluding tert-OH is 1. The lowest BCUT2D eigenvalue weighted by Gasteiger charge is -2.20. The second kappa shape index (κ2) is 3.47. The van der Waals surface area contributed by atoms with E-state index in [4.69, 9.17) is 10.2 Å². The molecule has 0 saturated carbocycles. The molecule has 1 unspecified atom stereocenters. The van der Waals surface area contributed by atoms with Gasteiger partial charge < -0.3 is 15.3 Å². The first-order chi connectivity index (χ1) is 5.88. The van der Waals surface area contributed by atoms with E-state index < -0.39 is 11.6 Å². The number of nitrogens with zero attached hydrogens (tertiary/aromatic N) is 1. The zero-order valence-corrected chi connectivity index (χ0v) is 8.24. The van der Waals surface area contributed by atoms with Crippen LogP contribution in [0.3, 0.4) is 0 Å². The monoisotopic (exact) mass is 184 g/mol. The molecule has 4 nitrogen and oxygen atoms in total. The van der Waals surface area contributed by atoms with Gasteiger partial charge in [-0.3, -0.25) is 0 Å². The lowest BCUT2D eigenvalue weighted by atomic mass is 9.97. The second-order valence-corrected chi connectivity index (χ2v) is 3.99. The molecule has 1 atom stereocenters. The molecule has 1 aromatic heterocycles. The van der Waals surface area contributed by atoms with Crippen molar-refractivity contribution in [3.05, 3.63) is 17.8 Å². The van der Waals surface area contributed by atoms with Crippen LogP contribution in [0.25, 0.3) is 0 Å². The predicted molar refractivity (Wildman–Crippen MR) is 49.1 cm³/mol. The Hall–Kier alpha value is -0.870. The van der Waals surface area contributed by atoms with Crippen LogP contribution >= 0.6 is 0 Å². The summed E-state index contributed by atoms with van der Waals surface area (Å²) < 4.78 is 5.17. The van der Waals surface area contributed by atoms with Gasteiger partial charge >= 0.3 is 0 Å². The molecule has 13 heavy (non-hydrogen) atoms. The van der Waals surface area contributed by atoms with E-state index in [0.29, 0.717) is 18.1 Å². The first-order valence-corrected chi connectivity index (χ1v) is 4.28. The van der Waals surface area contributed by atoms with Crippen molar-refractivity contribution in [2.24, 2.45) is 5.73 Å². The highest BCUT2D eigenvalue weighted by molar-refractivity contribution is 4.99. The molecule has 74 valence electrons. The molecule has 0 bridgehead atoms. The Bertz CT molecular complexity index is 275. The van der Waals surface area contributed by atoms with Crippen LogP contribution in [0.1, 0.15) is 38.0 Å². The molecular weight excluding hydrogens is 168 g/mol. The molecule has 0 saturated heterocycles. The van der Waals surface area contributed by atoms with Crippen LogP contribution in [0, 0.1) is 6.92 Å². The summed E-state index contributed by atoms with van der Waals surface area (Å²) in [6, 6.07) is 0. The number of aliphatic hydroxyl groups is 1. The molecule has 4 heteroatoms. The van der Waals surface area contributed by atoms with Crippen LogP contribution in [0.4, 0.5) is 0 Å². The maximum Gasteiger partial charge on any atom is 0.191 e. The number of hydrogen-bond acceptors (Lipinski definition) is 4. The normalized spacial score (nSPS) is 14.5. The van der Waals surface area contributed by atoms with Crippen LogP contribution < -0.4 is 5.73 Å². The largest absolute Gasteiger partial charge is 0.443 e. The molecule has 3 N–H and O–H groups in total. The minimum atomic E-state index is -0.666. The highest BCUT2D eigenvalue weighted by atomic mass is 16.4. The Labute approximate surface area is 77.8 Å². The summed E-state index contributed by atoms with van der Waals surface area (Å²) in [5.74, 6) is 1.04. The third kappa shape index (κ3) is 3.16. The van der Waals surface area contributed by atoms with Gasteiger partial charge in [-0.25, -0.2) is 4.98 Å². The Kier molecular flexibility index (Phi) is 2.73. The standard InChI is InChI=1S/C9H16N2O2/c1-6-11-5-8(13-6)7(12)4-9(2,3)10/h5,7,12H,4,10H2,1-3H3. The molecule has 0 aromatic carbocycles. The Morgan fingerprint density at radius 3 is 2.69 bits per heavy atom. The van der Waals surface area contributed by atoms with Crippen LogP contribution in [0.2, 0.25) is 0 Å². The highest BCUT2D eigenvalue weighted by Crippen LogP contribution is 2.22. The van der Waals surface area contributed by atoms with Gasteiger partial charge in [-0.15, -0.1) is 0 Å². The average molecular weight is 184 g/mol. The van der Waals surface area contributed by atoms with Gasteiger partial charge in [-0.1, -0.05) is 0 Å². The summed E-state index contributed by atoms with van der Waals surface area (Å²) in [6.07, 6.45) is 1.33. The molecule has 0 radical (unpaired) electrons. The van der Waals surface area contributed by atoms with Gasteiger partial charge in [-0.2, -0.15) is 0 Å². The molecule has 1 rings (SSSR count). The van der Waals surface area contributed by atoms with Crippen molar-refractivity contribution in [2.45, 2.75) is 38.8 Å². The van der Waals surface area contributed by atoms with Crippen molar-refractivity contribution >= 4 is 0 Å². The number of hydrogen-bond donors (Lipinski definition) is 2. The minimum absolute atomic E-state index is 0.403. The van der Waals surface area contributed by atoms with Crippen molar-refractivity contribution in [2.75, 3.05) is 0 Å². The van der Waals surface area contributed by atoms with Gasteiger partial charge in [0, 0.05) is 12.5 Å². The fourth-order valence-corrected chi connectivity index (χ4v) is 1.13. The summed E-state index contributed by atoms with van der Waals surface area (Å²) in [5.41, 5.74) is 5.36. The topological polar surface area (TPSA) is 72.3 Å². The van der Waals surface area contributed by atoms with Crippen LogP contribution in [0.5, 0.6) is 0 Å². The number of rotatable bonds is 3. The van der Waals surface area contributed by atoms with E-state index in [1.807, 2.05) is 13.8 Å². The molecule has 0 aliphatic carbocycles. The van der Waals surface area contributed by atoms with E-state index in [1.165, 1.54) is 6.20 Å². The van der Waals surface area contributed by atoms with E-state index in [-0.39, 0.29) is 0 Å². The fraction of sp³-hybridized carbons (Fsp3) is 0.667. The zero-order valence-electron chi connectivity index (χ0n) is 8.24. The summed E-state index contributed by atoms with van der Waals surface area (Å²) >= 11 is 0. The highest BCUT2D eigenvalue weighted by Gasteiger charge is 2.20. The van der Waals surface area contributed by atoms with Crippen molar-refractivity contribution in [3.8, 4) is 0 Å². The van der Waals surface area contributed by atoms with E-state index in [0.717, 1.165) is 0 Å². The summed E-state index contributed by atoms with van der Waals surface area (Å²) in [5, 5.41) is 9.66. The summed E-state index contributed by atoms with van der Waals surface area (Å²) in [4.78, 5) is 3.90. The average Bonchev–Trinajstić information content (AvgIpc) is 2.31. The molecule has 0 aliphatic heterocycles. The number of oxazole rings is 1. The van der Waals surface area contributed by atoms with Gasteiger partial charge in [-0.05, 0) is 20.3 Å². The second-order valence-electron chi connectivity index (χ2n) is 3.99. The van der Waals surface area contributed by atoms with Gasteiger partial charge in [0.25, 0.3) is 0 Å². The first-order valence-electron chi connectivity index (χ1n) is 4.28. The van der Waals surface area contributed by atoms with Crippen LogP contribution in [-0.2, 0) is 0 Å². The SMILES string of the molecule is Cc1ncc(C(O)CC(C)(C)N)o1. The Morgan fingerprint density at radius 2 is 2.31 bits per heavy atom. The molecule has 0 aliphatic rings. The summed E-state index contributed by atoms with van der Waals surface area (Å²) in [7, 11) is 0. The van der Waals surface area contributed by atoms with E-state index in [2.05, 4.69) is 4.98 Å². The van der Waals surface area contributed by atoms with Crippen LogP contribution in [-0.4, -0.2) is 15.6 Å². The van der Waals surface area contributed by atoms with Crippen molar-refractivity contribution in [1.29, 1.82) is 0 Å². The maximum atomic E-state index is 9.66. The summed E-state index contributed by atoms with van der Waals surface area (Å²) in [6.45, 7) is 5.46. The lowest BCUT2D eigenvalue weighted by molar-refractivity contribution is 0.117. The first kappa shape index (κ1) is 10.2. The number of nitrogens with two attached hydrogens (primary N) is 1. The van der Waals surface area contributed by atoms with Gasteiger partial charge in [0.15, 0.2) is 11.7 Å². The predicted octanol–water partition coefficient (Wildman–Crippen LogP) is 1.14. The lowest BCUT2D eigenvalue weighted by Crippen LogP contribution is -2.33. The number of aryl methyl sites for hydroxylation is 1. The molecule has 0 fully saturated rings. The Balaban J connectivity index is 2.64. The van der Waals surface area contributed by atoms with Gasteiger partial charge in [0.05, 0.1) is 6.20 Å². The van der Waals surface area contributed by atoms with Crippen LogP contribution in [0.15, 0.2) is 10.6 Å². The third-order valence-electron chi connectivity index (χ3n) is 1.69. The van der Waals surface area contributed by atoms with Gasteiger partial charge in [0.2, 0.25) is 0 Å². The van der Waals surface area contributed by atoms with Crippen molar-refractivity contribution in [3.63, 3.8) is 0 Å². The molecule has 1 aromatic rings. The fourth-order valence-electron chi connectivity index (χ4n) is 1.13. The van der Waals surface area contributed by atoms with E-state index in [1.54, 1.807) is 6.92 Å². The third-order valence-corrected chi connectivity index (χ3v) is 1.69. The van der Waals surface area contributed by atoms with Crippen molar-refractivity contribution in [1.82, 2.24) is 4.98 Å². The maximum absolute atomic E-state index is 9.66. The molecule has 0 amide bonds. The van der Waals surface area contributed by atoms with Crippen molar-refractivity contribution < 1.29 is 9.52 Å². The minimum Gasteiger partial charge on any atom is -0.443 e.